The Kier molecular flexibility index (Phi) is 4.90. The summed E-state index contributed by atoms with van der Waals surface area (Å²) in [5.41, 5.74) is 0.0345. The molecule has 5 nitrogen and oxygen atoms in total. The van der Waals surface area contributed by atoms with E-state index in [1.807, 2.05) is 0 Å². The number of carboxylic acids is 1. The number of hydrogen-bond donors (Lipinski definition) is 2. The molecule has 1 fully saturated rings. The van der Waals surface area contributed by atoms with Crippen molar-refractivity contribution in [1.82, 2.24) is 5.32 Å². The predicted octanol–water partition coefficient (Wildman–Crippen LogP) is 1.46. The molecule has 0 spiro atoms. The predicted molar refractivity (Wildman–Crippen MR) is 73.4 cm³/mol. The van der Waals surface area contributed by atoms with Gasteiger partial charge in [-0.05, 0) is 30.5 Å². The zero-order valence-electron chi connectivity index (χ0n) is 11.6. The van der Waals surface area contributed by atoms with Gasteiger partial charge in [-0.25, -0.2) is 9.18 Å². The number of benzene rings is 1. The molecule has 1 aromatic carbocycles. The van der Waals surface area contributed by atoms with Gasteiger partial charge < -0.3 is 15.2 Å². The molecule has 0 heterocycles. The average molecular weight is 295 g/mol. The monoisotopic (exact) mass is 295 g/mol. The van der Waals surface area contributed by atoms with Crippen LogP contribution in [0.4, 0.5) is 4.39 Å². The number of hydrogen-bond acceptors (Lipinski definition) is 3. The van der Waals surface area contributed by atoms with E-state index in [2.05, 4.69) is 5.32 Å². The number of halogens is 1. The third-order valence-corrected chi connectivity index (χ3v) is 3.78. The van der Waals surface area contributed by atoms with Crippen LogP contribution in [0.1, 0.15) is 24.8 Å². The molecule has 114 valence electrons. The number of aliphatic carboxylic acids is 1. The first kappa shape index (κ1) is 15.4. The highest BCUT2D eigenvalue weighted by Gasteiger charge is 2.45. The molecule has 0 saturated heterocycles. The van der Waals surface area contributed by atoms with Gasteiger partial charge in [-0.2, -0.15) is 0 Å². The third kappa shape index (κ3) is 3.58. The van der Waals surface area contributed by atoms with E-state index in [1.54, 1.807) is 12.1 Å². The van der Waals surface area contributed by atoms with Crippen LogP contribution in [0, 0.1) is 5.82 Å². The maximum absolute atomic E-state index is 13.3. The van der Waals surface area contributed by atoms with Crippen LogP contribution in [0.15, 0.2) is 24.3 Å². The number of ether oxygens (including phenoxy) is 1. The van der Waals surface area contributed by atoms with Crippen LogP contribution in [-0.4, -0.2) is 36.7 Å². The lowest BCUT2D eigenvalue weighted by Gasteiger charge is -2.40. The maximum atomic E-state index is 13.3. The molecule has 0 radical (unpaired) electrons. The minimum Gasteiger partial charge on any atom is -0.480 e. The summed E-state index contributed by atoms with van der Waals surface area (Å²) in [5.74, 6) is -1.55. The first-order chi connectivity index (χ1) is 10.0. The van der Waals surface area contributed by atoms with Crippen molar-refractivity contribution < 1.29 is 23.8 Å². The van der Waals surface area contributed by atoms with Gasteiger partial charge in [0.15, 0.2) is 0 Å². The summed E-state index contributed by atoms with van der Waals surface area (Å²) in [4.78, 5) is 22.6. The molecule has 1 saturated carbocycles. The van der Waals surface area contributed by atoms with E-state index in [0.29, 0.717) is 18.4 Å². The van der Waals surface area contributed by atoms with Gasteiger partial charge in [-0.3, -0.25) is 4.79 Å². The summed E-state index contributed by atoms with van der Waals surface area (Å²) in [7, 11) is 0. The largest absolute Gasteiger partial charge is 0.480 e. The highest BCUT2D eigenvalue weighted by atomic mass is 19.1. The van der Waals surface area contributed by atoms with Crippen LogP contribution in [0.2, 0.25) is 0 Å². The highest BCUT2D eigenvalue weighted by molar-refractivity contribution is 5.89. The first-order valence-electron chi connectivity index (χ1n) is 6.88. The molecule has 0 aliphatic heterocycles. The molecule has 21 heavy (non-hydrogen) atoms. The fourth-order valence-electron chi connectivity index (χ4n) is 2.53. The van der Waals surface area contributed by atoms with E-state index in [0.717, 1.165) is 6.42 Å². The highest BCUT2D eigenvalue weighted by Crippen LogP contribution is 2.44. The minimum atomic E-state index is -1.04. The number of carbonyl (C=O) groups excluding carboxylic acids is 1. The van der Waals surface area contributed by atoms with Gasteiger partial charge in [-0.15, -0.1) is 0 Å². The van der Waals surface area contributed by atoms with Crippen molar-refractivity contribution >= 4 is 11.9 Å². The van der Waals surface area contributed by atoms with Crippen LogP contribution >= 0.6 is 0 Å². The summed E-state index contributed by atoms with van der Waals surface area (Å²) < 4.78 is 18.2. The van der Waals surface area contributed by atoms with Crippen LogP contribution in [-0.2, 0) is 19.7 Å². The molecular weight excluding hydrogens is 277 g/mol. The zero-order valence-corrected chi connectivity index (χ0v) is 11.6. The van der Waals surface area contributed by atoms with E-state index in [4.69, 9.17) is 9.84 Å². The Labute approximate surface area is 122 Å². The topological polar surface area (TPSA) is 75.6 Å². The number of amides is 1. The lowest BCUT2D eigenvalue weighted by atomic mass is 9.64. The molecule has 2 N–H and O–H groups in total. The molecule has 1 amide bonds. The molecule has 1 aliphatic rings. The second-order valence-electron chi connectivity index (χ2n) is 5.15. The van der Waals surface area contributed by atoms with Gasteiger partial charge in [0, 0.05) is 6.54 Å². The van der Waals surface area contributed by atoms with E-state index < -0.39 is 11.4 Å². The molecule has 0 atom stereocenters. The van der Waals surface area contributed by atoms with Gasteiger partial charge in [0.2, 0.25) is 5.91 Å². The Morgan fingerprint density at radius 2 is 2.14 bits per heavy atom. The first-order valence-corrected chi connectivity index (χ1v) is 6.88. The molecule has 0 unspecified atom stereocenters. The fourth-order valence-corrected chi connectivity index (χ4v) is 2.53. The lowest BCUT2D eigenvalue weighted by molar-refractivity contribution is -0.142. The quantitative estimate of drug-likeness (QED) is 0.747. The lowest BCUT2D eigenvalue weighted by Crippen LogP contribution is -2.50. The van der Waals surface area contributed by atoms with Crippen molar-refractivity contribution in [3.8, 4) is 0 Å². The van der Waals surface area contributed by atoms with E-state index >= 15 is 0 Å². The third-order valence-electron chi connectivity index (χ3n) is 3.78. The van der Waals surface area contributed by atoms with Crippen molar-refractivity contribution in [3.63, 3.8) is 0 Å². The maximum Gasteiger partial charge on any atom is 0.329 e. The molecule has 0 aromatic heterocycles. The molecular formula is C15H18FNO4. The molecule has 1 aliphatic carbocycles. The Hall–Kier alpha value is -1.95. The Balaban J connectivity index is 1.91. The summed E-state index contributed by atoms with van der Waals surface area (Å²) in [6.45, 7) is -0.00857. The Bertz CT molecular complexity index is 528. The van der Waals surface area contributed by atoms with E-state index in [1.165, 1.54) is 12.1 Å². The molecule has 6 heteroatoms. The van der Waals surface area contributed by atoms with Crippen LogP contribution in [0.5, 0.6) is 0 Å². The SMILES string of the molecule is O=C(O)COCCNC(=O)C1(c2cccc(F)c2)CCC1. The molecule has 0 bridgehead atoms. The van der Waals surface area contributed by atoms with Gasteiger partial charge in [0.25, 0.3) is 0 Å². The summed E-state index contributed by atoms with van der Waals surface area (Å²) in [5, 5.41) is 11.2. The minimum absolute atomic E-state index is 0.136. The van der Waals surface area contributed by atoms with Gasteiger partial charge >= 0.3 is 5.97 Å². The van der Waals surface area contributed by atoms with Crippen molar-refractivity contribution in [3.05, 3.63) is 35.6 Å². The summed E-state index contributed by atoms with van der Waals surface area (Å²) in [6, 6.07) is 6.13. The molecule has 2 rings (SSSR count). The van der Waals surface area contributed by atoms with Gasteiger partial charge in [0.05, 0.1) is 12.0 Å². The number of carbonyl (C=O) groups is 2. The smallest absolute Gasteiger partial charge is 0.329 e. The fraction of sp³-hybridized carbons (Fsp3) is 0.467. The van der Waals surface area contributed by atoms with Crippen molar-refractivity contribution in [2.75, 3.05) is 19.8 Å². The Morgan fingerprint density at radius 3 is 2.71 bits per heavy atom. The summed E-state index contributed by atoms with van der Waals surface area (Å²) >= 11 is 0. The van der Waals surface area contributed by atoms with Crippen LogP contribution in [0.3, 0.4) is 0 Å². The zero-order chi connectivity index (χ0) is 15.3. The standard InChI is InChI=1S/C15H18FNO4/c16-12-4-1-3-11(9-12)15(5-2-6-15)14(20)17-7-8-21-10-13(18)19/h1,3-4,9H,2,5-8,10H2,(H,17,20)(H,18,19). The second-order valence-corrected chi connectivity index (χ2v) is 5.15. The normalized spacial score (nSPS) is 16.0. The van der Waals surface area contributed by atoms with Crippen molar-refractivity contribution in [2.24, 2.45) is 0 Å². The Morgan fingerprint density at radius 1 is 1.38 bits per heavy atom. The van der Waals surface area contributed by atoms with Crippen LogP contribution < -0.4 is 5.32 Å². The van der Waals surface area contributed by atoms with E-state index in [-0.39, 0.29) is 31.5 Å². The summed E-state index contributed by atoms with van der Waals surface area (Å²) in [6.07, 6.45) is 2.32. The molecule has 1 aromatic rings. The van der Waals surface area contributed by atoms with Crippen molar-refractivity contribution in [2.45, 2.75) is 24.7 Å². The van der Waals surface area contributed by atoms with Gasteiger partial charge in [-0.1, -0.05) is 18.6 Å². The number of carboxylic acid groups (broad SMARTS) is 1. The van der Waals surface area contributed by atoms with Crippen LogP contribution in [0.25, 0.3) is 0 Å². The number of nitrogens with one attached hydrogen (secondary N) is 1. The average Bonchev–Trinajstić information content (AvgIpc) is 2.36. The van der Waals surface area contributed by atoms with E-state index in [9.17, 15) is 14.0 Å². The number of rotatable bonds is 7. The van der Waals surface area contributed by atoms with Crippen molar-refractivity contribution in [1.29, 1.82) is 0 Å². The second kappa shape index (κ2) is 6.67. The van der Waals surface area contributed by atoms with Gasteiger partial charge in [0.1, 0.15) is 12.4 Å².